The molecule has 0 spiro atoms. The van der Waals surface area contributed by atoms with Crippen molar-refractivity contribution in [3.05, 3.63) is 34.9 Å². The molecule has 1 atom stereocenters. The van der Waals surface area contributed by atoms with Crippen molar-refractivity contribution in [1.29, 1.82) is 0 Å². The average Bonchev–Trinajstić information content (AvgIpc) is 3.07. The second kappa shape index (κ2) is 4.21. The minimum atomic E-state index is -0.460. The molecule has 0 bridgehead atoms. The van der Waals surface area contributed by atoms with E-state index < -0.39 is 5.60 Å². The van der Waals surface area contributed by atoms with Crippen LogP contribution >= 0.6 is 0 Å². The molecule has 1 N–H and O–H groups in total. The van der Waals surface area contributed by atoms with Crippen molar-refractivity contribution in [2.24, 2.45) is 5.92 Å². The Kier molecular flexibility index (Phi) is 3.07. The summed E-state index contributed by atoms with van der Waals surface area (Å²) in [5.74, 6) is 0.539. The van der Waals surface area contributed by atoms with E-state index in [2.05, 4.69) is 39.0 Å². The van der Waals surface area contributed by atoms with Crippen molar-refractivity contribution in [2.75, 3.05) is 0 Å². The summed E-state index contributed by atoms with van der Waals surface area (Å²) in [5, 5.41) is 10.6. The summed E-state index contributed by atoms with van der Waals surface area (Å²) < 4.78 is 0. The molecular weight excluding hydrogens is 196 g/mol. The normalized spacial score (nSPS) is 19.5. The Morgan fingerprint density at radius 2 is 2.00 bits per heavy atom. The molecular formula is C15H22O. The molecule has 1 unspecified atom stereocenters. The first-order valence-corrected chi connectivity index (χ1v) is 6.33. The van der Waals surface area contributed by atoms with Gasteiger partial charge in [0.2, 0.25) is 0 Å². The molecule has 0 aliphatic heterocycles. The van der Waals surface area contributed by atoms with Crippen LogP contribution in [-0.4, -0.2) is 10.7 Å². The maximum atomic E-state index is 10.6. The molecule has 16 heavy (non-hydrogen) atoms. The largest absolute Gasteiger partial charge is 0.389 e. The minimum Gasteiger partial charge on any atom is -0.389 e. The first kappa shape index (κ1) is 11.7. The molecule has 1 heteroatoms. The minimum absolute atomic E-state index is 0.460. The molecule has 0 amide bonds. The van der Waals surface area contributed by atoms with Crippen LogP contribution in [0.25, 0.3) is 0 Å². The summed E-state index contributed by atoms with van der Waals surface area (Å²) in [4.78, 5) is 0. The van der Waals surface area contributed by atoms with Gasteiger partial charge in [0.05, 0.1) is 5.60 Å². The zero-order valence-electron chi connectivity index (χ0n) is 10.6. The van der Waals surface area contributed by atoms with Gasteiger partial charge in [-0.1, -0.05) is 30.7 Å². The summed E-state index contributed by atoms with van der Waals surface area (Å²) in [6.07, 6.45) is 4.09. The van der Waals surface area contributed by atoms with Gasteiger partial charge in [-0.2, -0.15) is 0 Å². The molecule has 0 aromatic heterocycles. The smallest absolute Gasteiger partial charge is 0.0713 e. The molecule has 1 fully saturated rings. The van der Waals surface area contributed by atoms with Crippen LogP contribution in [0.1, 0.15) is 42.9 Å². The topological polar surface area (TPSA) is 20.2 Å². The van der Waals surface area contributed by atoms with Gasteiger partial charge in [-0.3, -0.25) is 0 Å². The Morgan fingerprint density at radius 1 is 1.31 bits per heavy atom. The highest BCUT2D eigenvalue weighted by Crippen LogP contribution is 2.43. The number of benzene rings is 1. The Hall–Kier alpha value is -0.820. The number of aryl methyl sites for hydroxylation is 2. The summed E-state index contributed by atoms with van der Waals surface area (Å²) in [6.45, 7) is 6.35. The van der Waals surface area contributed by atoms with E-state index in [0.717, 1.165) is 12.8 Å². The van der Waals surface area contributed by atoms with E-state index >= 15 is 0 Å². The molecule has 1 aliphatic carbocycles. The van der Waals surface area contributed by atoms with Crippen LogP contribution in [0.4, 0.5) is 0 Å². The van der Waals surface area contributed by atoms with E-state index in [4.69, 9.17) is 0 Å². The van der Waals surface area contributed by atoms with Gasteiger partial charge in [-0.05, 0) is 50.2 Å². The Labute approximate surface area is 98.5 Å². The molecule has 2 rings (SSSR count). The van der Waals surface area contributed by atoms with Gasteiger partial charge in [0.25, 0.3) is 0 Å². The van der Waals surface area contributed by atoms with Crippen LogP contribution in [0.15, 0.2) is 18.2 Å². The van der Waals surface area contributed by atoms with Crippen LogP contribution in [0.3, 0.4) is 0 Å². The van der Waals surface area contributed by atoms with Crippen molar-refractivity contribution in [1.82, 2.24) is 0 Å². The fourth-order valence-electron chi connectivity index (χ4n) is 2.50. The molecule has 0 heterocycles. The lowest BCUT2D eigenvalue weighted by atomic mass is 9.85. The predicted molar refractivity (Wildman–Crippen MR) is 67.6 cm³/mol. The van der Waals surface area contributed by atoms with E-state index in [9.17, 15) is 5.11 Å². The molecule has 1 aromatic carbocycles. The van der Waals surface area contributed by atoms with Crippen LogP contribution in [-0.2, 0) is 6.42 Å². The number of hydrogen-bond donors (Lipinski definition) is 1. The van der Waals surface area contributed by atoms with Crippen molar-refractivity contribution in [3.63, 3.8) is 0 Å². The van der Waals surface area contributed by atoms with Crippen molar-refractivity contribution in [2.45, 2.75) is 52.1 Å². The monoisotopic (exact) mass is 218 g/mol. The van der Waals surface area contributed by atoms with Crippen LogP contribution in [0, 0.1) is 19.8 Å². The summed E-state index contributed by atoms with van der Waals surface area (Å²) in [7, 11) is 0. The van der Waals surface area contributed by atoms with Gasteiger partial charge in [0, 0.05) is 6.42 Å². The van der Waals surface area contributed by atoms with Crippen LogP contribution in [0.5, 0.6) is 0 Å². The third-order valence-electron chi connectivity index (χ3n) is 3.95. The summed E-state index contributed by atoms with van der Waals surface area (Å²) in [5.41, 5.74) is 3.45. The van der Waals surface area contributed by atoms with E-state index in [1.165, 1.54) is 29.5 Å². The highest BCUT2D eigenvalue weighted by molar-refractivity contribution is 5.32. The van der Waals surface area contributed by atoms with Crippen LogP contribution < -0.4 is 0 Å². The highest BCUT2D eigenvalue weighted by atomic mass is 16.3. The molecule has 1 aromatic rings. The molecule has 1 saturated carbocycles. The molecule has 1 aliphatic rings. The van der Waals surface area contributed by atoms with E-state index in [1.54, 1.807) is 0 Å². The van der Waals surface area contributed by atoms with Crippen molar-refractivity contribution < 1.29 is 5.11 Å². The zero-order valence-corrected chi connectivity index (χ0v) is 10.6. The number of aliphatic hydroxyl groups is 1. The molecule has 0 radical (unpaired) electrons. The third-order valence-corrected chi connectivity index (χ3v) is 3.95. The van der Waals surface area contributed by atoms with Crippen molar-refractivity contribution >= 4 is 0 Å². The fourth-order valence-corrected chi connectivity index (χ4v) is 2.50. The van der Waals surface area contributed by atoms with Crippen LogP contribution in [0.2, 0.25) is 0 Å². The van der Waals surface area contributed by atoms with E-state index in [0.29, 0.717) is 5.92 Å². The maximum Gasteiger partial charge on any atom is 0.0713 e. The van der Waals surface area contributed by atoms with Gasteiger partial charge in [-0.25, -0.2) is 0 Å². The summed E-state index contributed by atoms with van der Waals surface area (Å²) >= 11 is 0. The first-order valence-electron chi connectivity index (χ1n) is 6.33. The lowest BCUT2D eigenvalue weighted by Gasteiger charge is -2.27. The highest BCUT2D eigenvalue weighted by Gasteiger charge is 2.42. The van der Waals surface area contributed by atoms with Gasteiger partial charge in [-0.15, -0.1) is 0 Å². The molecule has 88 valence electrons. The van der Waals surface area contributed by atoms with Gasteiger partial charge >= 0.3 is 0 Å². The predicted octanol–water partition coefficient (Wildman–Crippen LogP) is 3.40. The zero-order chi connectivity index (χ0) is 11.8. The van der Waals surface area contributed by atoms with E-state index in [1.807, 2.05) is 0 Å². The number of hydrogen-bond acceptors (Lipinski definition) is 1. The van der Waals surface area contributed by atoms with Gasteiger partial charge in [0.15, 0.2) is 0 Å². The lowest BCUT2D eigenvalue weighted by Crippen LogP contribution is -2.33. The first-order chi connectivity index (χ1) is 7.55. The van der Waals surface area contributed by atoms with Crippen molar-refractivity contribution in [3.8, 4) is 0 Å². The quantitative estimate of drug-likeness (QED) is 0.821. The Bertz CT molecular complexity index is 379. The summed E-state index contributed by atoms with van der Waals surface area (Å²) in [6, 6.07) is 6.52. The van der Waals surface area contributed by atoms with Gasteiger partial charge < -0.3 is 5.11 Å². The molecule has 1 nitrogen and oxygen atoms in total. The molecule has 0 saturated heterocycles. The van der Waals surface area contributed by atoms with Gasteiger partial charge in [0.1, 0.15) is 0 Å². The Morgan fingerprint density at radius 3 is 2.56 bits per heavy atom. The standard InChI is InChI=1S/C15H22O/c1-4-15(16,14-7-8-14)10-13-9-11(2)5-6-12(13)3/h5-6,9,14,16H,4,7-8,10H2,1-3H3. The fraction of sp³-hybridized carbons (Fsp3) is 0.600. The Balaban J connectivity index is 2.21. The second-order valence-electron chi connectivity index (χ2n) is 5.34. The third kappa shape index (κ3) is 2.30. The second-order valence-corrected chi connectivity index (χ2v) is 5.34. The SMILES string of the molecule is CCC(O)(Cc1cc(C)ccc1C)C1CC1. The number of rotatable bonds is 4. The average molecular weight is 218 g/mol. The maximum absolute atomic E-state index is 10.6. The van der Waals surface area contributed by atoms with E-state index in [-0.39, 0.29) is 0 Å². The lowest BCUT2D eigenvalue weighted by molar-refractivity contribution is 0.0137.